The molecule has 4 heteroatoms. The molecule has 1 heterocycles. The summed E-state index contributed by atoms with van der Waals surface area (Å²) in [6, 6.07) is 0. The van der Waals surface area contributed by atoms with Gasteiger partial charge in [0, 0.05) is 12.5 Å². The van der Waals surface area contributed by atoms with Gasteiger partial charge in [-0.15, -0.1) is 0 Å². The van der Waals surface area contributed by atoms with Crippen LogP contribution in [0.2, 0.25) is 0 Å². The van der Waals surface area contributed by atoms with Gasteiger partial charge in [-0.3, -0.25) is 10.2 Å². The van der Waals surface area contributed by atoms with Crippen LogP contribution in [0.1, 0.15) is 32.6 Å². The highest BCUT2D eigenvalue weighted by molar-refractivity contribution is 5.77. The zero-order chi connectivity index (χ0) is 10.4. The monoisotopic (exact) mass is 199 g/mol. The van der Waals surface area contributed by atoms with Crippen LogP contribution in [0.3, 0.4) is 0 Å². The third-order valence-electron chi connectivity index (χ3n) is 2.82. The molecule has 1 aliphatic rings. The van der Waals surface area contributed by atoms with E-state index in [0.29, 0.717) is 0 Å². The third kappa shape index (κ3) is 3.64. The summed E-state index contributed by atoms with van der Waals surface area (Å²) in [7, 11) is 0. The van der Waals surface area contributed by atoms with Crippen molar-refractivity contribution < 1.29 is 4.79 Å². The molecule has 1 amide bonds. The minimum atomic E-state index is -0.0609. The molecule has 1 aliphatic heterocycles. The fourth-order valence-electron chi connectivity index (χ4n) is 1.93. The van der Waals surface area contributed by atoms with Crippen molar-refractivity contribution in [1.29, 1.82) is 0 Å². The maximum absolute atomic E-state index is 11.2. The fourth-order valence-corrected chi connectivity index (χ4v) is 1.93. The predicted octanol–water partition coefficient (Wildman–Crippen LogP) is 0.488. The van der Waals surface area contributed by atoms with Crippen LogP contribution in [0, 0.1) is 5.92 Å². The Morgan fingerprint density at radius 2 is 1.93 bits per heavy atom. The second kappa shape index (κ2) is 5.98. The van der Waals surface area contributed by atoms with Crippen LogP contribution in [0.4, 0.5) is 0 Å². The summed E-state index contributed by atoms with van der Waals surface area (Å²) in [6.07, 6.45) is 5.18. The Hall–Kier alpha value is -0.610. The van der Waals surface area contributed by atoms with Gasteiger partial charge >= 0.3 is 0 Å². The zero-order valence-corrected chi connectivity index (χ0v) is 8.96. The first-order chi connectivity index (χ1) is 6.74. The topological polar surface area (TPSA) is 58.4 Å². The number of carbonyl (C=O) groups is 1. The number of amides is 1. The van der Waals surface area contributed by atoms with E-state index >= 15 is 0 Å². The highest BCUT2D eigenvalue weighted by Crippen LogP contribution is 2.11. The van der Waals surface area contributed by atoms with Gasteiger partial charge in [-0.05, 0) is 25.9 Å². The van der Waals surface area contributed by atoms with Crippen molar-refractivity contribution in [3.8, 4) is 0 Å². The van der Waals surface area contributed by atoms with E-state index in [1.165, 1.54) is 25.7 Å². The van der Waals surface area contributed by atoms with Gasteiger partial charge in [0.1, 0.15) is 0 Å². The van der Waals surface area contributed by atoms with E-state index in [0.717, 1.165) is 19.6 Å². The molecule has 0 unspecified atom stereocenters. The Bertz CT molecular complexity index is 176. The van der Waals surface area contributed by atoms with Crippen molar-refractivity contribution in [2.24, 2.45) is 11.8 Å². The molecule has 1 rings (SSSR count). The number of likely N-dealkylation sites (tertiary alicyclic amines) is 1. The summed E-state index contributed by atoms with van der Waals surface area (Å²) in [5.41, 5.74) is 2.20. The largest absolute Gasteiger partial charge is 0.303 e. The highest BCUT2D eigenvalue weighted by atomic mass is 16.2. The molecule has 3 N–H and O–H groups in total. The molecule has 1 saturated heterocycles. The van der Waals surface area contributed by atoms with Crippen LogP contribution >= 0.6 is 0 Å². The molecule has 1 atom stereocenters. The second-order valence-electron chi connectivity index (χ2n) is 4.12. The second-order valence-corrected chi connectivity index (χ2v) is 4.12. The first-order valence-corrected chi connectivity index (χ1v) is 5.47. The van der Waals surface area contributed by atoms with Gasteiger partial charge in [-0.2, -0.15) is 0 Å². The molecule has 0 aromatic rings. The number of nitrogens with two attached hydrogens (primary N) is 1. The van der Waals surface area contributed by atoms with Gasteiger partial charge in [0.15, 0.2) is 0 Å². The van der Waals surface area contributed by atoms with Gasteiger partial charge in [0.2, 0.25) is 5.91 Å². The average molecular weight is 199 g/mol. The van der Waals surface area contributed by atoms with E-state index in [2.05, 4.69) is 10.3 Å². The van der Waals surface area contributed by atoms with Gasteiger partial charge in [0.25, 0.3) is 0 Å². The molecule has 14 heavy (non-hydrogen) atoms. The number of rotatable bonds is 3. The van der Waals surface area contributed by atoms with Crippen LogP contribution in [0.5, 0.6) is 0 Å². The smallest absolute Gasteiger partial charge is 0.237 e. The van der Waals surface area contributed by atoms with Crippen LogP contribution < -0.4 is 11.3 Å². The molecule has 0 saturated carbocycles. The maximum Gasteiger partial charge on any atom is 0.237 e. The van der Waals surface area contributed by atoms with Gasteiger partial charge in [-0.25, -0.2) is 5.84 Å². The van der Waals surface area contributed by atoms with Crippen LogP contribution in [0.15, 0.2) is 0 Å². The Labute approximate surface area is 85.8 Å². The molecule has 4 nitrogen and oxygen atoms in total. The lowest BCUT2D eigenvalue weighted by Crippen LogP contribution is -2.40. The SMILES string of the molecule is C[C@H](CN1CCCCCC1)C(=O)NN. The average Bonchev–Trinajstić information content (AvgIpc) is 2.45. The van der Waals surface area contributed by atoms with Crippen LogP contribution in [-0.2, 0) is 4.79 Å². The Morgan fingerprint density at radius 3 is 2.43 bits per heavy atom. The van der Waals surface area contributed by atoms with Crippen molar-refractivity contribution >= 4 is 5.91 Å². The maximum atomic E-state index is 11.2. The first kappa shape index (κ1) is 11.5. The Morgan fingerprint density at radius 1 is 1.36 bits per heavy atom. The molecular weight excluding hydrogens is 178 g/mol. The summed E-state index contributed by atoms with van der Waals surface area (Å²) < 4.78 is 0. The highest BCUT2D eigenvalue weighted by Gasteiger charge is 2.16. The van der Waals surface area contributed by atoms with Gasteiger partial charge in [0.05, 0.1) is 0 Å². The molecule has 0 aliphatic carbocycles. The molecule has 1 fully saturated rings. The zero-order valence-electron chi connectivity index (χ0n) is 8.96. The lowest BCUT2D eigenvalue weighted by Gasteiger charge is -2.22. The number of hydrogen-bond donors (Lipinski definition) is 2. The summed E-state index contributed by atoms with van der Waals surface area (Å²) in [4.78, 5) is 13.6. The van der Waals surface area contributed by atoms with Crippen molar-refractivity contribution in [2.45, 2.75) is 32.6 Å². The summed E-state index contributed by atoms with van der Waals surface area (Å²) in [5, 5.41) is 0. The van der Waals surface area contributed by atoms with Crippen molar-refractivity contribution in [3.05, 3.63) is 0 Å². The quantitative estimate of drug-likeness (QED) is 0.395. The van der Waals surface area contributed by atoms with E-state index < -0.39 is 0 Å². The standard InChI is InChI=1S/C10H21N3O/c1-9(10(14)12-11)8-13-6-4-2-3-5-7-13/h9H,2-8,11H2,1H3,(H,12,14)/t9-/m1/s1. The molecule has 0 aromatic carbocycles. The van der Waals surface area contributed by atoms with Crippen LogP contribution in [0.25, 0.3) is 0 Å². The molecule has 0 spiro atoms. The van der Waals surface area contributed by atoms with E-state index in [1.54, 1.807) is 0 Å². The number of nitrogens with one attached hydrogen (secondary N) is 1. The number of nitrogens with zero attached hydrogens (tertiary/aromatic N) is 1. The molecule has 0 radical (unpaired) electrons. The lowest BCUT2D eigenvalue weighted by molar-refractivity contribution is -0.125. The van der Waals surface area contributed by atoms with Gasteiger partial charge in [-0.1, -0.05) is 19.8 Å². The summed E-state index contributed by atoms with van der Waals surface area (Å²) in [5.74, 6) is 5.03. The molecule has 82 valence electrons. The first-order valence-electron chi connectivity index (χ1n) is 5.47. The molecule has 0 bridgehead atoms. The Balaban J connectivity index is 2.30. The van der Waals surface area contributed by atoms with Crippen molar-refractivity contribution in [3.63, 3.8) is 0 Å². The summed E-state index contributed by atoms with van der Waals surface area (Å²) >= 11 is 0. The number of hydrazine groups is 1. The van der Waals surface area contributed by atoms with E-state index in [9.17, 15) is 4.79 Å². The third-order valence-corrected chi connectivity index (χ3v) is 2.82. The van der Waals surface area contributed by atoms with E-state index in [-0.39, 0.29) is 11.8 Å². The number of hydrogen-bond acceptors (Lipinski definition) is 3. The predicted molar refractivity (Wildman–Crippen MR) is 56.4 cm³/mol. The molecule has 0 aromatic heterocycles. The Kier molecular flexibility index (Phi) is 4.90. The van der Waals surface area contributed by atoms with Crippen molar-refractivity contribution in [2.75, 3.05) is 19.6 Å². The number of carbonyl (C=O) groups excluding carboxylic acids is 1. The minimum Gasteiger partial charge on any atom is -0.303 e. The van der Waals surface area contributed by atoms with Crippen molar-refractivity contribution in [1.82, 2.24) is 10.3 Å². The van der Waals surface area contributed by atoms with Crippen LogP contribution in [-0.4, -0.2) is 30.4 Å². The summed E-state index contributed by atoms with van der Waals surface area (Å²) in [6.45, 7) is 5.01. The molecular formula is C10H21N3O. The van der Waals surface area contributed by atoms with E-state index in [4.69, 9.17) is 5.84 Å². The van der Waals surface area contributed by atoms with E-state index in [1.807, 2.05) is 6.92 Å². The lowest BCUT2D eigenvalue weighted by atomic mass is 10.1. The van der Waals surface area contributed by atoms with Gasteiger partial charge < -0.3 is 4.90 Å². The minimum absolute atomic E-state index is 0.00176. The normalized spacial score (nSPS) is 21.3. The fraction of sp³-hybridized carbons (Fsp3) is 0.900.